The van der Waals surface area contributed by atoms with E-state index in [1.54, 1.807) is 0 Å². The number of nitrogens with one attached hydrogen (secondary N) is 4. The smallest absolute Gasteiger partial charge is 0.114 e. The molecule has 1 saturated carbocycles. The average Bonchev–Trinajstić information content (AvgIpc) is 2.83. The molecule has 0 aromatic rings. The van der Waals surface area contributed by atoms with Crippen LogP contribution >= 0.6 is 0 Å². The molecule has 2 unspecified atom stereocenters. The highest BCUT2D eigenvalue weighted by molar-refractivity contribution is 5.02. The highest BCUT2D eigenvalue weighted by Gasteiger charge is 2.42. The molecule has 2 atom stereocenters. The normalized spacial score (nSPS) is 24.6. The van der Waals surface area contributed by atoms with Gasteiger partial charge in [0.2, 0.25) is 0 Å². The molecule has 304 valence electrons. The summed E-state index contributed by atoms with van der Waals surface area (Å²) in [5.41, 5.74) is 14.9. The Labute approximate surface area is 318 Å². The fraction of sp³-hybridized carbons (Fsp3) is 1.00. The quantitative estimate of drug-likeness (QED) is 0.0700. The van der Waals surface area contributed by atoms with Crippen LogP contribution < -0.4 is 32.7 Å². The Balaban J connectivity index is 0.00000135. The third-order valence-electron chi connectivity index (χ3n) is 11.5. The van der Waals surface area contributed by atoms with E-state index in [4.69, 9.17) is 11.5 Å². The zero-order valence-corrected chi connectivity index (χ0v) is 37.3. The van der Waals surface area contributed by atoms with Crippen LogP contribution in [0.2, 0.25) is 0 Å². The van der Waals surface area contributed by atoms with Gasteiger partial charge in [0.25, 0.3) is 0 Å². The van der Waals surface area contributed by atoms with E-state index in [0.717, 1.165) is 37.6 Å². The van der Waals surface area contributed by atoms with Crippen LogP contribution in [0.4, 0.5) is 0 Å². The maximum absolute atomic E-state index is 6.98. The van der Waals surface area contributed by atoms with Crippen LogP contribution in [0.3, 0.4) is 0 Å². The second kappa shape index (κ2) is 18.1. The maximum Gasteiger partial charge on any atom is 0.114 e. The van der Waals surface area contributed by atoms with Crippen molar-refractivity contribution in [1.82, 2.24) is 31.1 Å². The lowest BCUT2D eigenvalue weighted by Gasteiger charge is -2.51. The molecule has 2 aliphatic heterocycles. The van der Waals surface area contributed by atoms with Gasteiger partial charge in [0.05, 0.1) is 0 Å². The summed E-state index contributed by atoms with van der Waals surface area (Å²) in [5.74, 6) is 0. The Bertz CT molecular complexity index is 986. The van der Waals surface area contributed by atoms with Crippen molar-refractivity contribution in [2.45, 2.75) is 253 Å². The van der Waals surface area contributed by atoms with Gasteiger partial charge in [-0.1, -0.05) is 53.9 Å². The standard InChI is InChI=1S/C37H80N8.C6H12/c1-27(2)44(28-22-33(6,7)42-34(8,9)23-28)20-18-16-17-19-21-45(29-24-35(10,11)43-36(12,13)25-29)31(39)40-30(38)41-37(14,15)26-32(3,4)5;1-6(2)4-3-5-6/h27-31,40-43H,16-26,38-39H2,1-15H3;3-5H2,1-2H3. The molecule has 51 heavy (non-hydrogen) atoms. The lowest BCUT2D eigenvalue weighted by molar-refractivity contribution is 0.0214. The van der Waals surface area contributed by atoms with E-state index < -0.39 is 0 Å². The lowest BCUT2D eigenvalue weighted by Crippen LogP contribution is -2.69. The minimum absolute atomic E-state index is 0.0531. The first-order valence-electron chi connectivity index (χ1n) is 21.1. The summed E-state index contributed by atoms with van der Waals surface area (Å²) in [6.07, 6.45) is 14.1. The fourth-order valence-corrected chi connectivity index (χ4v) is 10.4. The summed E-state index contributed by atoms with van der Waals surface area (Å²) in [5, 5.41) is 14.9. The first kappa shape index (κ1) is 46.8. The highest BCUT2D eigenvalue weighted by atomic mass is 15.4. The molecule has 3 rings (SSSR count). The highest BCUT2D eigenvalue weighted by Crippen LogP contribution is 2.39. The van der Waals surface area contributed by atoms with Gasteiger partial charge in [-0.05, 0) is 158 Å². The molecular weight excluding hydrogens is 629 g/mol. The molecule has 1 aliphatic carbocycles. The number of nitrogens with zero attached hydrogens (tertiary/aromatic N) is 2. The van der Waals surface area contributed by atoms with Crippen molar-refractivity contribution in [2.24, 2.45) is 22.3 Å². The SMILES string of the molecule is CC(C)N(CCCCCCN(C1CC(C)(C)NC(C)(C)C1)C(N)NC(N)NC(C)(C)CC(C)(C)C)C1CC(C)(C)NC(C)(C)C1.CC1(C)CCC1. The number of unbranched alkanes of at least 4 members (excludes halogenated alkanes) is 3. The third kappa shape index (κ3) is 17.8. The van der Waals surface area contributed by atoms with Crippen LogP contribution in [-0.2, 0) is 0 Å². The van der Waals surface area contributed by atoms with Gasteiger partial charge in [0.15, 0.2) is 0 Å². The van der Waals surface area contributed by atoms with E-state index in [1.165, 1.54) is 57.9 Å². The molecule has 0 aromatic carbocycles. The Morgan fingerprint density at radius 2 is 1.02 bits per heavy atom. The van der Waals surface area contributed by atoms with Crippen molar-refractivity contribution in [1.29, 1.82) is 0 Å². The molecule has 0 aromatic heterocycles. The fourth-order valence-electron chi connectivity index (χ4n) is 10.4. The van der Waals surface area contributed by atoms with Gasteiger partial charge in [0, 0.05) is 52.4 Å². The first-order chi connectivity index (χ1) is 22.9. The summed E-state index contributed by atoms with van der Waals surface area (Å²) in [6.45, 7) is 41.6. The second-order valence-electron chi connectivity index (χ2n) is 22.8. The number of hydrogen-bond donors (Lipinski definition) is 6. The van der Waals surface area contributed by atoms with Crippen LogP contribution in [0.1, 0.15) is 195 Å². The average molecular weight is 721 g/mol. The van der Waals surface area contributed by atoms with Crippen molar-refractivity contribution in [3.8, 4) is 0 Å². The van der Waals surface area contributed by atoms with Crippen LogP contribution in [0, 0.1) is 10.8 Å². The van der Waals surface area contributed by atoms with E-state index in [9.17, 15) is 0 Å². The minimum Gasteiger partial charge on any atom is -0.307 e. The van der Waals surface area contributed by atoms with E-state index in [-0.39, 0.29) is 45.7 Å². The molecule has 0 bridgehead atoms. The number of hydrogen-bond acceptors (Lipinski definition) is 8. The number of nitrogens with two attached hydrogens (primary N) is 2. The molecule has 3 aliphatic rings. The molecule has 8 nitrogen and oxygen atoms in total. The molecule has 0 amide bonds. The molecule has 0 spiro atoms. The largest absolute Gasteiger partial charge is 0.307 e. The molecule has 2 heterocycles. The predicted molar refractivity (Wildman–Crippen MR) is 224 cm³/mol. The van der Waals surface area contributed by atoms with Gasteiger partial charge in [0.1, 0.15) is 12.6 Å². The van der Waals surface area contributed by atoms with Gasteiger partial charge in [-0.15, -0.1) is 0 Å². The topological polar surface area (TPSA) is 107 Å². The zero-order valence-electron chi connectivity index (χ0n) is 37.3. The summed E-state index contributed by atoms with van der Waals surface area (Å²) in [4.78, 5) is 5.30. The summed E-state index contributed by atoms with van der Waals surface area (Å²) in [7, 11) is 0. The summed E-state index contributed by atoms with van der Waals surface area (Å²) in [6, 6.07) is 1.59. The number of piperidine rings is 2. The van der Waals surface area contributed by atoms with E-state index in [1.807, 2.05) is 0 Å². The third-order valence-corrected chi connectivity index (χ3v) is 11.5. The molecular formula is C43H92N8. The summed E-state index contributed by atoms with van der Waals surface area (Å²) >= 11 is 0. The lowest BCUT2D eigenvalue weighted by atomic mass is 9.72. The summed E-state index contributed by atoms with van der Waals surface area (Å²) < 4.78 is 0. The van der Waals surface area contributed by atoms with E-state index in [0.29, 0.717) is 18.1 Å². The van der Waals surface area contributed by atoms with E-state index >= 15 is 0 Å². The first-order valence-corrected chi connectivity index (χ1v) is 21.1. The number of rotatable bonds is 16. The van der Waals surface area contributed by atoms with Crippen LogP contribution in [0.25, 0.3) is 0 Å². The van der Waals surface area contributed by atoms with Crippen molar-refractivity contribution >= 4 is 0 Å². The van der Waals surface area contributed by atoms with Crippen molar-refractivity contribution in [2.75, 3.05) is 13.1 Å². The Morgan fingerprint density at radius 3 is 1.35 bits per heavy atom. The molecule has 8 heteroatoms. The van der Waals surface area contributed by atoms with Gasteiger partial charge < -0.3 is 22.1 Å². The van der Waals surface area contributed by atoms with Crippen LogP contribution in [0.15, 0.2) is 0 Å². The van der Waals surface area contributed by atoms with Crippen LogP contribution in [-0.4, -0.2) is 81.3 Å². The Morgan fingerprint density at radius 1 is 0.647 bits per heavy atom. The minimum atomic E-state index is -0.380. The van der Waals surface area contributed by atoms with E-state index in [2.05, 4.69) is 149 Å². The van der Waals surface area contributed by atoms with Gasteiger partial charge in [-0.2, -0.15) is 0 Å². The maximum atomic E-state index is 6.98. The molecule has 3 fully saturated rings. The molecule has 2 saturated heterocycles. The van der Waals surface area contributed by atoms with Crippen LogP contribution in [0.5, 0.6) is 0 Å². The Hall–Kier alpha value is -0.320. The molecule has 0 radical (unpaired) electrons. The van der Waals surface area contributed by atoms with Crippen molar-refractivity contribution < 1.29 is 0 Å². The molecule has 8 N–H and O–H groups in total. The monoisotopic (exact) mass is 721 g/mol. The predicted octanol–water partition coefficient (Wildman–Crippen LogP) is 8.25. The van der Waals surface area contributed by atoms with Crippen molar-refractivity contribution in [3.63, 3.8) is 0 Å². The van der Waals surface area contributed by atoms with Gasteiger partial charge >= 0.3 is 0 Å². The van der Waals surface area contributed by atoms with Gasteiger partial charge in [-0.3, -0.25) is 20.4 Å². The second-order valence-corrected chi connectivity index (χ2v) is 22.8. The van der Waals surface area contributed by atoms with Crippen molar-refractivity contribution in [3.05, 3.63) is 0 Å². The zero-order chi connectivity index (χ0) is 39.3. The van der Waals surface area contributed by atoms with Gasteiger partial charge in [-0.25, -0.2) is 0 Å². The Kier molecular flexibility index (Phi) is 16.6.